The molecule has 0 radical (unpaired) electrons. The summed E-state index contributed by atoms with van der Waals surface area (Å²) in [5.74, 6) is -0.930. The number of hydrogen-bond acceptors (Lipinski definition) is 1. The van der Waals surface area contributed by atoms with E-state index in [1.807, 2.05) is 13.8 Å². The van der Waals surface area contributed by atoms with Crippen LogP contribution in [-0.2, 0) is 0 Å². The molecule has 0 aliphatic heterocycles. The summed E-state index contributed by atoms with van der Waals surface area (Å²) < 4.78 is 33.1. The molecule has 0 bridgehead atoms. The van der Waals surface area contributed by atoms with Gasteiger partial charge in [0.25, 0.3) is 0 Å². The van der Waals surface area contributed by atoms with Gasteiger partial charge in [-0.15, -0.1) is 0 Å². The number of methoxy groups -OCH3 is 1. The first kappa shape index (κ1) is 12.3. The van der Waals surface area contributed by atoms with Gasteiger partial charge in [0.2, 0.25) is 0 Å². The largest absolute Gasteiger partial charge is 0.491 e. The smallest absolute Gasteiger partial charge is 0.190 e. The van der Waals surface area contributed by atoms with Gasteiger partial charge in [-0.2, -0.15) is 0 Å². The summed E-state index contributed by atoms with van der Waals surface area (Å²) in [6, 6.07) is 0. The van der Waals surface area contributed by atoms with Gasteiger partial charge < -0.3 is 4.74 Å². The molecule has 1 aliphatic rings. The van der Waals surface area contributed by atoms with E-state index in [-0.39, 0.29) is 11.7 Å². The van der Waals surface area contributed by atoms with Crippen molar-refractivity contribution in [1.29, 1.82) is 0 Å². The SMILES string of the molecule is COc1c(F)c(C)c(C2CC2)c(C(C)C)c1F. The fraction of sp³-hybridized carbons (Fsp3) is 0.571. The van der Waals surface area contributed by atoms with Gasteiger partial charge in [0, 0.05) is 0 Å². The normalized spacial score (nSPS) is 15.5. The predicted molar refractivity (Wildman–Crippen MR) is 63.7 cm³/mol. The first-order valence-corrected chi connectivity index (χ1v) is 6.04. The molecule has 1 aromatic carbocycles. The first-order chi connectivity index (χ1) is 7.99. The van der Waals surface area contributed by atoms with Gasteiger partial charge in [-0.05, 0) is 48.3 Å². The minimum atomic E-state index is -0.545. The highest BCUT2D eigenvalue weighted by Gasteiger charge is 2.33. The van der Waals surface area contributed by atoms with Crippen LogP contribution in [-0.4, -0.2) is 7.11 Å². The van der Waals surface area contributed by atoms with E-state index >= 15 is 0 Å². The lowest BCUT2D eigenvalue weighted by atomic mass is 9.89. The van der Waals surface area contributed by atoms with Crippen LogP contribution in [0.2, 0.25) is 0 Å². The van der Waals surface area contributed by atoms with Gasteiger partial charge in [-0.1, -0.05) is 13.8 Å². The van der Waals surface area contributed by atoms with Gasteiger partial charge in [0.05, 0.1) is 7.11 Å². The number of rotatable bonds is 3. The molecule has 0 atom stereocenters. The molecule has 0 saturated heterocycles. The van der Waals surface area contributed by atoms with Crippen LogP contribution in [0.15, 0.2) is 0 Å². The zero-order valence-electron chi connectivity index (χ0n) is 10.7. The Labute approximate surface area is 101 Å². The second kappa shape index (κ2) is 4.28. The molecule has 0 amide bonds. The summed E-state index contributed by atoms with van der Waals surface area (Å²) in [7, 11) is 1.31. The van der Waals surface area contributed by atoms with Crippen molar-refractivity contribution >= 4 is 0 Å². The maximum absolute atomic E-state index is 14.2. The number of benzene rings is 1. The van der Waals surface area contributed by atoms with Crippen LogP contribution in [0, 0.1) is 18.6 Å². The van der Waals surface area contributed by atoms with E-state index in [1.165, 1.54) is 7.11 Å². The Morgan fingerprint density at radius 2 is 1.76 bits per heavy atom. The van der Waals surface area contributed by atoms with Crippen molar-refractivity contribution in [3.63, 3.8) is 0 Å². The van der Waals surface area contributed by atoms with Gasteiger partial charge >= 0.3 is 0 Å². The highest BCUT2D eigenvalue weighted by atomic mass is 19.1. The van der Waals surface area contributed by atoms with E-state index in [2.05, 4.69) is 0 Å². The van der Waals surface area contributed by atoms with Crippen molar-refractivity contribution in [2.24, 2.45) is 0 Å². The quantitative estimate of drug-likeness (QED) is 0.766. The third-order valence-electron chi connectivity index (χ3n) is 3.43. The van der Waals surface area contributed by atoms with E-state index in [0.29, 0.717) is 17.0 Å². The molecule has 0 spiro atoms. The van der Waals surface area contributed by atoms with Crippen molar-refractivity contribution in [2.45, 2.75) is 45.4 Å². The van der Waals surface area contributed by atoms with E-state index in [1.54, 1.807) is 6.92 Å². The molecule has 1 saturated carbocycles. The molecule has 0 N–H and O–H groups in total. The Morgan fingerprint density at radius 1 is 1.18 bits per heavy atom. The van der Waals surface area contributed by atoms with Crippen LogP contribution in [0.5, 0.6) is 5.75 Å². The fourth-order valence-electron chi connectivity index (χ4n) is 2.47. The molecule has 1 fully saturated rings. The molecular formula is C14H18F2O. The van der Waals surface area contributed by atoms with Crippen LogP contribution < -0.4 is 4.74 Å². The van der Waals surface area contributed by atoms with Crippen molar-refractivity contribution in [3.05, 3.63) is 28.3 Å². The summed E-state index contributed by atoms with van der Waals surface area (Å²) in [5.41, 5.74) is 2.05. The second-order valence-corrected chi connectivity index (χ2v) is 5.04. The third-order valence-corrected chi connectivity index (χ3v) is 3.43. The Balaban J connectivity index is 2.73. The zero-order valence-corrected chi connectivity index (χ0v) is 10.7. The molecule has 0 heterocycles. The van der Waals surface area contributed by atoms with E-state index < -0.39 is 11.6 Å². The highest BCUT2D eigenvalue weighted by molar-refractivity contribution is 5.49. The molecule has 17 heavy (non-hydrogen) atoms. The minimum absolute atomic E-state index is 0.0406. The molecular weight excluding hydrogens is 222 g/mol. The number of halogens is 2. The Bertz CT molecular complexity index is 448. The van der Waals surface area contributed by atoms with Crippen molar-refractivity contribution in [1.82, 2.24) is 0 Å². The van der Waals surface area contributed by atoms with Crippen molar-refractivity contribution in [3.8, 4) is 5.75 Å². The second-order valence-electron chi connectivity index (χ2n) is 5.04. The van der Waals surface area contributed by atoms with Crippen molar-refractivity contribution in [2.75, 3.05) is 7.11 Å². The molecule has 94 valence electrons. The van der Waals surface area contributed by atoms with E-state index in [9.17, 15) is 8.78 Å². The average Bonchev–Trinajstić information content (AvgIpc) is 3.07. The molecule has 0 aromatic heterocycles. The average molecular weight is 240 g/mol. The monoisotopic (exact) mass is 240 g/mol. The summed E-state index contributed by atoms with van der Waals surface area (Å²) in [6.07, 6.45) is 2.07. The molecule has 2 rings (SSSR count). The minimum Gasteiger partial charge on any atom is -0.491 e. The third kappa shape index (κ3) is 1.92. The standard InChI is InChI=1S/C14H18F2O/c1-7(2)10-11(9-5-6-9)8(3)12(15)14(17-4)13(10)16/h7,9H,5-6H2,1-4H3. The van der Waals surface area contributed by atoms with Crippen LogP contribution in [0.3, 0.4) is 0 Å². The van der Waals surface area contributed by atoms with Gasteiger partial charge in [-0.25, -0.2) is 8.78 Å². The molecule has 1 nitrogen and oxygen atoms in total. The Hall–Kier alpha value is -1.12. The number of ether oxygens (including phenoxy) is 1. The molecule has 3 heteroatoms. The van der Waals surface area contributed by atoms with Gasteiger partial charge in [0.1, 0.15) is 0 Å². The fourth-order valence-corrected chi connectivity index (χ4v) is 2.47. The summed E-state index contributed by atoms with van der Waals surface area (Å²) >= 11 is 0. The summed E-state index contributed by atoms with van der Waals surface area (Å²) in [5, 5.41) is 0. The first-order valence-electron chi connectivity index (χ1n) is 6.04. The molecule has 1 aliphatic carbocycles. The van der Waals surface area contributed by atoms with Crippen LogP contribution in [0.1, 0.15) is 55.2 Å². The van der Waals surface area contributed by atoms with Crippen LogP contribution in [0.4, 0.5) is 8.78 Å². The highest BCUT2D eigenvalue weighted by Crippen LogP contribution is 2.48. The lowest BCUT2D eigenvalue weighted by Crippen LogP contribution is -2.08. The lowest BCUT2D eigenvalue weighted by Gasteiger charge is -2.19. The molecule has 0 unspecified atom stereocenters. The zero-order chi connectivity index (χ0) is 12.7. The summed E-state index contributed by atoms with van der Waals surface area (Å²) in [6.45, 7) is 5.58. The maximum atomic E-state index is 14.2. The predicted octanol–water partition coefficient (Wildman–Crippen LogP) is 4.28. The van der Waals surface area contributed by atoms with Crippen molar-refractivity contribution < 1.29 is 13.5 Å². The Morgan fingerprint density at radius 3 is 2.18 bits per heavy atom. The Kier molecular flexibility index (Phi) is 3.11. The van der Waals surface area contributed by atoms with Gasteiger partial charge in [0.15, 0.2) is 17.4 Å². The maximum Gasteiger partial charge on any atom is 0.190 e. The molecule has 1 aromatic rings. The lowest BCUT2D eigenvalue weighted by molar-refractivity contribution is 0.354. The summed E-state index contributed by atoms with van der Waals surface area (Å²) in [4.78, 5) is 0. The number of hydrogen-bond donors (Lipinski definition) is 0. The van der Waals surface area contributed by atoms with Crippen LogP contribution >= 0.6 is 0 Å². The van der Waals surface area contributed by atoms with E-state index in [4.69, 9.17) is 4.74 Å². The van der Waals surface area contributed by atoms with Gasteiger partial charge in [-0.3, -0.25) is 0 Å². The van der Waals surface area contributed by atoms with Crippen LogP contribution in [0.25, 0.3) is 0 Å². The topological polar surface area (TPSA) is 9.23 Å². The van der Waals surface area contributed by atoms with E-state index in [0.717, 1.165) is 18.4 Å².